The molecule has 5 heterocycles. The quantitative estimate of drug-likeness (QED) is 0.471. The fraction of sp³-hybridized carbons (Fsp3) is 0.417. The van der Waals surface area contributed by atoms with Gasteiger partial charge in [-0.2, -0.15) is 5.10 Å². The topological polar surface area (TPSA) is 82.5 Å². The van der Waals surface area contributed by atoms with E-state index in [0.29, 0.717) is 17.7 Å². The maximum absolute atomic E-state index is 12.1. The van der Waals surface area contributed by atoms with Gasteiger partial charge in [-0.3, -0.25) is 4.40 Å². The van der Waals surface area contributed by atoms with Crippen molar-refractivity contribution in [2.24, 2.45) is 12.5 Å². The Kier molecular flexibility index (Phi) is 4.36. The number of nitrogens with zero attached hydrogens (tertiary/aromatic N) is 7. The number of ether oxygens (including phenoxy) is 1. The molecule has 0 spiro atoms. The second-order valence-electron chi connectivity index (χ2n) is 9.71. The van der Waals surface area contributed by atoms with E-state index in [9.17, 15) is 4.79 Å². The summed E-state index contributed by atoms with van der Waals surface area (Å²) in [7, 11) is 1.66. The molecule has 3 aromatic heterocycles. The van der Waals surface area contributed by atoms with Gasteiger partial charge in [-0.15, -0.1) is 10.2 Å². The van der Waals surface area contributed by atoms with Crippen LogP contribution in [0, 0.1) is 5.41 Å². The third-order valence-corrected chi connectivity index (χ3v) is 6.91. The molecular formula is C24H27N7O2. The molecule has 0 saturated heterocycles. The van der Waals surface area contributed by atoms with Crippen LogP contribution in [0.4, 0.5) is 11.4 Å². The highest BCUT2D eigenvalue weighted by molar-refractivity contribution is 5.75. The van der Waals surface area contributed by atoms with Crippen LogP contribution in [-0.4, -0.2) is 42.1 Å². The Morgan fingerprint density at radius 1 is 1.06 bits per heavy atom. The van der Waals surface area contributed by atoms with Crippen LogP contribution in [0.3, 0.4) is 0 Å². The van der Waals surface area contributed by atoms with E-state index in [0.717, 1.165) is 66.7 Å². The van der Waals surface area contributed by atoms with E-state index in [1.165, 1.54) is 4.68 Å². The summed E-state index contributed by atoms with van der Waals surface area (Å²) >= 11 is 0. The number of benzene rings is 1. The minimum absolute atomic E-state index is 0.153. The van der Waals surface area contributed by atoms with Gasteiger partial charge in [0.1, 0.15) is 18.2 Å². The first-order valence-corrected chi connectivity index (χ1v) is 11.4. The fourth-order valence-electron chi connectivity index (χ4n) is 4.82. The highest BCUT2D eigenvalue weighted by atomic mass is 16.5. The van der Waals surface area contributed by atoms with Crippen LogP contribution in [0.1, 0.15) is 32.5 Å². The molecule has 0 radical (unpaired) electrons. The SMILES string of the molecule is Cn1nc2cc(N3CCOc4cc(-c5nnc6n5CCC(C)(C)CC6)ccc43)ccn2c1=O. The van der Waals surface area contributed by atoms with Crippen LogP contribution in [0.15, 0.2) is 41.3 Å². The van der Waals surface area contributed by atoms with Crippen LogP contribution < -0.4 is 15.3 Å². The first-order chi connectivity index (χ1) is 15.9. The van der Waals surface area contributed by atoms with Crippen LogP contribution in [0.2, 0.25) is 0 Å². The van der Waals surface area contributed by atoms with E-state index in [4.69, 9.17) is 4.74 Å². The van der Waals surface area contributed by atoms with E-state index in [-0.39, 0.29) is 5.69 Å². The van der Waals surface area contributed by atoms with Gasteiger partial charge in [0, 0.05) is 43.5 Å². The van der Waals surface area contributed by atoms with Gasteiger partial charge in [-0.1, -0.05) is 13.8 Å². The largest absolute Gasteiger partial charge is 0.490 e. The summed E-state index contributed by atoms with van der Waals surface area (Å²) in [4.78, 5) is 14.3. The summed E-state index contributed by atoms with van der Waals surface area (Å²) in [6.07, 6.45) is 4.96. The minimum Gasteiger partial charge on any atom is -0.490 e. The van der Waals surface area contributed by atoms with Crippen molar-refractivity contribution in [1.82, 2.24) is 28.9 Å². The molecule has 9 nitrogen and oxygen atoms in total. The maximum atomic E-state index is 12.1. The van der Waals surface area contributed by atoms with E-state index in [2.05, 4.69) is 56.8 Å². The van der Waals surface area contributed by atoms with Crippen molar-refractivity contribution in [3.05, 3.63) is 52.8 Å². The Hall–Kier alpha value is -3.62. The number of aryl methyl sites for hydroxylation is 2. The minimum atomic E-state index is -0.153. The zero-order valence-electron chi connectivity index (χ0n) is 19.2. The smallest absolute Gasteiger partial charge is 0.350 e. The highest BCUT2D eigenvalue weighted by Crippen LogP contribution is 2.40. The number of hydrogen-bond donors (Lipinski definition) is 0. The lowest BCUT2D eigenvalue weighted by Gasteiger charge is -2.31. The molecule has 4 aromatic rings. The van der Waals surface area contributed by atoms with E-state index in [1.807, 2.05) is 12.1 Å². The highest BCUT2D eigenvalue weighted by Gasteiger charge is 2.27. The van der Waals surface area contributed by atoms with Crippen molar-refractivity contribution in [3.63, 3.8) is 0 Å². The van der Waals surface area contributed by atoms with Gasteiger partial charge in [0.25, 0.3) is 0 Å². The van der Waals surface area contributed by atoms with E-state index in [1.54, 1.807) is 17.6 Å². The van der Waals surface area contributed by atoms with E-state index < -0.39 is 0 Å². The van der Waals surface area contributed by atoms with Crippen molar-refractivity contribution in [2.45, 2.75) is 39.7 Å². The number of fused-ring (bicyclic) bond motifs is 3. The van der Waals surface area contributed by atoms with Crippen LogP contribution in [-0.2, 0) is 20.0 Å². The number of pyridine rings is 1. The average Bonchev–Trinajstić information content (AvgIpc) is 3.30. The lowest BCUT2D eigenvalue weighted by Crippen LogP contribution is -2.28. The van der Waals surface area contributed by atoms with Crippen molar-refractivity contribution >= 4 is 17.0 Å². The standard InChI is InChI=1S/C24H27N7O2/c1-24(2)8-6-20-25-26-22(30(20)11-9-24)16-4-5-18-19(14-16)33-13-12-29(18)17-7-10-31-21(15-17)27-28(3)23(31)32/h4-5,7,10,14-15H,6,8-9,11-13H2,1-3H3. The number of rotatable bonds is 2. The van der Waals surface area contributed by atoms with Crippen molar-refractivity contribution in [1.29, 1.82) is 0 Å². The van der Waals surface area contributed by atoms with Gasteiger partial charge in [0.15, 0.2) is 11.5 Å². The molecule has 33 heavy (non-hydrogen) atoms. The first-order valence-electron chi connectivity index (χ1n) is 11.4. The molecule has 0 bridgehead atoms. The molecule has 2 aliphatic rings. The molecule has 0 fully saturated rings. The number of aromatic nitrogens is 6. The lowest BCUT2D eigenvalue weighted by molar-refractivity contribution is 0.307. The van der Waals surface area contributed by atoms with Gasteiger partial charge < -0.3 is 14.2 Å². The molecule has 0 amide bonds. The molecule has 0 unspecified atom stereocenters. The Morgan fingerprint density at radius 3 is 2.82 bits per heavy atom. The van der Waals surface area contributed by atoms with Crippen LogP contribution >= 0.6 is 0 Å². The summed E-state index contributed by atoms with van der Waals surface area (Å²) in [6, 6.07) is 10.1. The summed E-state index contributed by atoms with van der Waals surface area (Å²) in [5.74, 6) is 2.79. The zero-order valence-corrected chi connectivity index (χ0v) is 19.2. The third-order valence-electron chi connectivity index (χ3n) is 6.91. The Bertz CT molecular complexity index is 1430. The molecule has 0 N–H and O–H groups in total. The first kappa shape index (κ1) is 20.0. The summed E-state index contributed by atoms with van der Waals surface area (Å²) < 4.78 is 11.2. The molecule has 2 aliphatic heterocycles. The molecule has 0 atom stereocenters. The number of hydrogen-bond acceptors (Lipinski definition) is 6. The molecule has 170 valence electrons. The Morgan fingerprint density at radius 2 is 1.94 bits per heavy atom. The van der Waals surface area contributed by atoms with Crippen molar-refractivity contribution in [2.75, 3.05) is 18.1 Å². The van der Waals surface area contributed by atoms with Gasteiger partial charge in [0.05, 0.1) is 12.2 Å². The Labute approximate surface area is 191 Å². The molecule has 0 saturated carbocycles. The van der Waals surface area contributed by atoms with Crippen LogP contribution in [0.25, 0.3) is 17.0 Å². The fourth-order valence-corrected chi connectivity index (χ4v) is 4.82. The Balaban J connectivity index is 1.36. The van der Waals surface area contributed by atoms with Gasteiger partial charge in [-0.25, -0.2) is 9.48 Å². The molecule has 0 aliphatic carbocycles. The third kappa shape index (κ3) is 3.30. The van der Waals surface area contributed by atoms with Crippen molar-refractivity contribution < 1.29 is 4.74 Å². The number of anilines is 2. The second kappa shape index (κ2) is 7.19. The lowest BCUT2D eigenvalue weighted by atomic mass is 9.85. The van der Waals surface area contributed by atoms with E-state index >= 15 is 0 Å². The summed E-state index contributed by atoms with van der Waals surface area (Å²) in [6.45, 7) is 6.87. The predicted octanol–water partition coefficient (Wildman–Crippen LogP) is 3.18. The second-order valence-corrected chi connectivity index (χ2v) is 9.71. The van der Waals surface area contributed by atoms with Gasteiger partial charge in [0.2, 0.25) is 0 Å². The maximum Gasteiger partial charge on any atom is 0.350 e. The molecule has 1 aromatic carbocycles. The molecule has 6 rings (SSSR count). The van der Waals surface area contributed by atoms with Gasteiger partial charge in [-0.05, 0) is 42.5 Å². The monoisotopic (exact) mass is 445 g/mol. The average molecular weight is 446 g/mol. The van der Waals surface area contributed by atoms with Crippen LogP contribution in [0.5, 0.6) is 5.75 Å². The molecule has 9 heteroatoms. The van der Waals surface area contributed by atoms with Gasteiger partial charge >= 0.3 is 5.69 Å². The normalized spacial score (nSPS) is 17.4. The summed E-state index contributed by atoms with van der Waals surface area (Å²) in [5, 5.41) is 13.3. The summed E-state index contributed by atoms with van der Waals surface area (Å²) in [5.41, 5.74) is 3.77. The molecular weight excluding hydrogens is 418 g/mol. The predicted molar refractivity (Wildman–Crippen MR) is 125 cm³/mol. The zero-order chi connectivity index (χ0) is 22.7. The van der Waals surface area contributed by atoms with Crippen molar-refractivity contribution in [3.8, 4) is 17.1 Å².